The first-order valence-electron chi connectivity index (χ1n) is 11.1. The molecular weight excluding hydrogens is 455 g/mol. The highest BCUT2D eigenvalue weighted by Gasteiger charge is 2.57. The van der Waals surface area contributed by atoms with Gasteiger partial charge in [-0.25, -0.2) is 12.8 Å². The van der Waals surface area contributed by atoms with Crippen LogP contribution in [0.3, 0.4) is 0 Å². The minimum atomic E-state index is -3.78. The molecule has 0 saturated carbocycles. The summed E-state index contributed by atoms with van der Waals surface area (Å²) in [5.41, 5.74) is 1.40. The van der Waals surface area contributed by atoms with Crippen LogP contribution in [0.1, 0.15) is 23.1 Å². The molecule has 6 nitrogen and oxygen atoms in total. The SMILES string of the molecule is COc1cccc(CC(=O)N2CC[C@@]3(C2)c2ccccc2S(=O)(=O)N3Cc2ccc(F)cc2)c1. The number of halogens is 1. The summed E-state index contributed by atoms with van der Waals surface area (Å²) in [4.78, 5) is 15.2. The van der Waals surface area contributed by atoms with Crippen molar-refractivity contribution in [1.29, 1.82) is 0 Å². The summed E-state index contributed by atoms with van der Waals surface area (Å²) in [5, 5.41) is 0. The lowest BCUT2D eigenvalue weighted by atomic mass is 9.88. The lowest BCUT2D eigenvalue weighted by Gasteiger charge is -2.34. The molecule has 0 radical (unpaired) electrons. The van der Waals surface area contributed by atoms with Gasteiger partial charge in [-0.1, -0.05) is 42.5 Å². The summed E-state index contributed by atoms with van der Waals surface area (Å²) in [5.74, 6) is 0.249. The third-order valence-electron chi connectivity index (χ3n) is 6.76. The summed E-state index contributed by atoms with van der Waals surface area (Å²) in [7, 11) is -2.20. The molecule has 2 heterocycles. The Morgan fingerprint density at radius 2 is 1.79 bits per heavy atom. The topological polar surface area (TPSA) is 66.9 Å². The number of ether oxygens (including phenoxy) is 1. The van der Waals surface area contributed by atoms with E-state index in [1.807, 2.05) is 36.4 Å². The van der Waals surface area contributed by atoms with E-state index in [4.69, 9.17) is 4.74 Å². The molecule has 1 saturated heterocycles. The second-order valence-electron chi connectivity index (χ2n) is 8.76. The molecule has 1 spiro atoms. The first kappa shape index (κ1) is 22.6. The fraction of sp³-hybridized carbons (Fsp3) is 0.269. The average Bonchev–Trinajstić information content (AvgIpc) is 3.36. The molecule has 34 heavy (non-hydrogen) atoms. The highest BCUT2D eigenvalue weighted by Crippen LogP contribution is 2.50. The van der Waals surface area contributed by atoms with Gasteiger partial charge in [-0.2, -0.15) is 4.31 Å². The summed E-state index contributed by atoms with van der Waals surface area (Å²) < 4.78 is 47.4. The molecule has 0 aliphatic carbocycles. The molecule has 5 rings (SSSR count). The number of amides is 1. The first-order chi connectivity index (χ1) is 16.3. The van der Waals surface area contributed by atoms with Gasteiger partial charge in [0.2, 0.25) is 15.9 Å². The van der Waals surface area contributed by atoms with E-state index < -0.39 is 15.6 Å². The van der Waals surface area contributed by atoms with Gasteiger partial charge in [-0.3, -0.25) is 4.79 Å². The Labute approximate surface area is 198 Å². The molecule has 0 N–H and O–H groups in total. The van der Waals surface area contributed by atoms with Crippen molar-refractivity contribution in [2.45, 2.75) is 29.8 Å². The zero-order chi connectivity index (χ0) is 23.9. The third kappa shape index (κ3) is 3.76. The minimum absolute atomic E-state index is 0.0614. The van der Waals surface area contributed by atoms with Crippen molar-refractivity contribution in [1.82, 2.24) is 9.21 Å². The van der Waals surface area contributed by atoms with Crippen LogP contribution < -0.4 is 4.74 Å². The number of fused-ring (bicyclic) bond motifs is 2. The van der Waals surface area contributed by atoms with E-state index in [0.29, 0.717) is 29.8 Å². The molecule has 1 fully saturated rings. The largest absolute Gasteiger partial charge is 0.497 e. The molecule has 0 aromatic heterocycles. The van der Waals surface area contributed by atoms with Crippen molar-refractivity contribution in [3.8, 4) is 5.75 Å². The van der Waals surface area contributed by atoms with Gasteiger partial charge in [-0.15, -0.1) is 0 Å². The zero-order valence-electron chi connectivity index (χ0n) is 18.8. The number of methoxy groups -OCH3 is 1. The fourth-order valence-electron chi connectivity index (χ4n) is 5.05. The summed E-state index contributed by atoms with van der Waals surface area (Å²) in [6, 6.07) is 20.2. The number of hydrogen-bond donors (Lipinski definition) is 0. The first-order valence-corrected chi connectivity index (χ1v) is 12.5. The predicted molar refractivity (Wildman–Crippen MR) is 125 cm³/mol. The van der Waals surface area contributed by atoms with Crippen LogP contribution in [0.2, 0.25) is 0 Å². The Balaban J connectivity index is 1.46. The molecule has 2 aliphatic rings. The van der Waals surface area contributed by atoms with E-state index in [1.54, 1.807) is 36.3 Å². The van der Waals surface area contributed by atoms with Crippen LogP contribution >= 0.6 is 0 Å². The normalized spacial score (nSPS) is 21.1. The molecular formula is C26H25FN2O4S. The number of rotatable bonds is 5. The monoisotopic (exact) mass is 480 g/mol. The van der Waals surface area contributed by atoms with Crippen LogP contribution in [0.4, 0.5) is 4.39 Å². The molecule has 176 valence electrons. The van der Waals surface area contributed by atoms with Crippen LogP contribution in [0.5, 0.6) is 5.75 Å². The van der Waals surface area contributed by atoms with Crippen LogP contribution in [-0.2, 0) is 33.3 Å². The van der Waals surface area contributed by atoms with Crippen molar-refractivity contribution in [2.75, 3.05) is 20.2 Å². The number of carbonyl (C=O) groups is 1. The summed E-state index contributed by atoms with van der Waals surface area (Å²) in [6.07, 6.45) is 0.702. The van der Waals surface area contributed by atoms with E-state index >= 15 is 0 Å². The van der Waals surface area contributed by atoms with E-state index in [0.717, 1.165) is 5.56 Å². The van der Waals surface area contributed by atoms with Crippen LogP contribution in [0.15, 0.2) is 77.7 Å². The highest BCUT2D eigenvalue weighted by atomic mass is 32.2. The minimum Gasteiger partial charge on any atom is -0.497 e. The Bertz CT molecular complexity index is 1340. The summed E-state index contributed by atoms with van der Waals surface area (Å²) in [6.45, 7) is 0.828. The fourth-order valence-corrected chi connectivity index (χ4v) is 7.10. The number of nitrogens with zero attached hydrogens (tertiary/aromatic N) is 2. The smallest absolute Gasteiger partial charge is 0.244 e. The van der Waals surface area contributed by atoms with Crippen molar-refractivity contribution in [3.63, 3.8) is 0 Å². The van der Waals surface area contributed by atoms with E-state index in [9.17, 15) is 17.6 Å². The molecule has 8 heteroatoms. The van der Waals surface area contributed by atoms with Crippen molar-refractivity contribution in [2.24, 2.45) is 0 Å². The van der Waals surface area contributed by atoms with E-state index in [1.165, 1.54) is 16.4 Å². The van der Waals surface area contributed by atoms with Gasteiger partial charge < -0.3 is 9.64 Å². The van der Waals surface area contributed by atoms with Gasteiger partial charge in [-0.05, 0) is 53.4 Å². The third-order valence-corrected chi connectivity index (χ3v) is 8.73. The van der Waals surface area contributed by atoms with E-state index in [2.05, 4.69) is 0 Å². The lowest BCUT2D eigenvalue weighted by Crippen LogP contribution is -2.46. The van der Waals surface area contributed by atoms with Crippen LogP contribution in [0.25, 0.3) is 0 Å². The van der Waals surface area contributed by atoms with Gasteiger partial charge in [0.25, 0.3) is 0 Å². The summed E-state index contributed by atoms with van der Waals surface area (Å²) >= 11 is 0. The van der Waals surface area contributed by atoms with Gasteiger partial charge in [0.1, 0.15) is 11.6 Å². The van der Waals surface area contributed by atoms with Gasteiger partial charge in [0, 0.05) is 19.6 Å². The number of sulfonamides is 1. The van der Waals surface area contributed by atoms with Crippen molar-refractivity contribution in [3.05, 3.63) is 95.3 Å². The maximum absolute atomic E-state index is 13.6. The lowest BCUT2D eigenvalue weighted by molar-refractivity contribution is -0.129. The second kappa shape index (κ2) is 8.52. The zero-order valence-corrected chi connectivity index (χ0v) is 19.6. The van der Waals surface area contributed by atoms with Crippen molar-refractivity contribution >= 4 is 15.9 Å². The molecule has 1 atom stereocenters. The van der Waals surface area contributed by atoms with Gasteiger partial charge in [0.15, 0.2) is 0 Å². The molecule has 3 aromatic carbocycles. The molecule has 3 aromatic rings. The maximum atomic E-state index is 13.6. The Morgan fingerprint density at radius 3 is 2.56 bits per heavy atom. The Kier molecular flexibility index (Phi) is 5.65. The molecule has 0 bridgehead atoms. The standard InChI is InChI=1S/C26H25FN2O4S/c1-33-22-6-4-5-20(15-22)16-25(30)28-14-13-26(18-28)23-7-2-3-8-24(23)34(31,32)29(26)17-19-9-11-21(27)12-10-19/h2-12,15H,13-14,16-18H2,1H3/t26-/m1/s1. The van der Waals surface area contributed by atoms with Crippen LogP contribution in [-0.4, -0.2) is 43.7 Å². The van der Waals surface area contributed by atoms with Gasteiger partial charge >= 0.3 is 0 Å². The number of benzene rings is 3. The number of likely N-dealkylation sites (tertiary alicyclic amines) is 1. The Hall–Kier alpha value is -3.23. The average molecular weight is 481 g/mol. The maximum Gasteiger partial charge on any atom is 0.244 e. The number of hydrogen-bond acceptors (Lipinski definition) is 4. The molecule has 2 aliphatic heterocycles. The second-order valence-corrected chi connectivity index (χ2v) is 10.6. The molecule has 1 amide bonds. The highest BCUT2D eigenvalue weighted by molar-refractivity contribution is 7.89. The van der Waals surface area contributed by atoms with E-state index in [-0.39, 0.29) is 36.1 Å². The quantitative estimate of drug-likeness (QED) is 0.559. The molecule has 0 unspecified atom stereocenters. The van der Waals surface area contributed by atoms with Gasteiger partial charge in [0.05, 0.1) is 24.0 Å². The van der Waals surface area contributed by atoms with Crippen molar-refractivity contribution < 1.29 is 22.3 Å². The predicted octanol–water partition coefficient (Wildman–Crippen LogP) is 3.71. The Morgan fingerprint density at radius 1 is 1.03 bits per heavy atom. The number of carbonyl (C=O) groups excluding carboxylic acids is 1. The van der Waals surface area contributed by atoms with Crippen LogP contribution in [0, 0.1) is 5.82 Å².